The number of urea groups is 1. The zero-order chi connectivity index (χ0) is 19.4. The largest absolute Gasteiger partial charge is 0.393 e. The molecule has 2 saturated heterocycles. The molecular formula is C19H24F3N3O2. The van der Waals surface area contributed by atoms with Gasteiger partial charge in [0.1, 0.15) is 0 Å². The normalized spacial score (nSPS) is 24.0. The maximum Gasteiger partial charge on any atom is 0.393 e. The minimum Gasteiger partial charge on any atom is -0.351 e. The van der Waals surface area contributed by atoms with E-state index in [1.807, 2.05) is 0 Å². The third-order valence-electron chi connectivity index (χ3n) is 5.34. The van der Waals surface area contributed by atoms with Crippen LogP contribution in [0.3, 0.4) is 0 Å². The molecule has 5 nitrogen and oxygen atoms in total. The van der Waals surface area contributed by atoms with E-state index in [2.05, 4.69) is 10.6 Å². The fraction of sp³-hybridized carbons (Fsp3) is 0.579. The van der Waals surface area contributed by atoms with Crippen LogP contribution in [0.1, 0.15) is 24.8 Å². The summed E-state index contributed by atoms with van der Waals surface area (Å²) in [4.78, 5) is 25.5. The first-order valence-electron chi connectivity index (χ1n) is 9.25. The second-order valence-corrected chi connectivity index (χ2v) is 7.35. The molecule has 2 aliphatic rings. The molecule has 0 bridgehead atoms. The Morgan fingerprint density at radius 3 is 2.70 bits per heavy atom. The van der Waals surface area contributed by atoms with Crippen molar-refractivity contribution in [2.24, 2.45) is 11.8 Å². The molecule has 0 aliphatic carbocycles. The highest BCUT2D eigenvalue weighted by molar-refractivity contribution is 5.77. The van der Waals surface area contributed by atoms with Gasteiger partial charge in [-0.2, -0.15) is 13.2 Å². The zero-order valence-corrected chi connectivity index (χ0v) is 15.0. The second-order valence-electron chi connectivity index (χ2n) is 7.35. The number of rotatable bonds is 4. The molecule has 2 fully saturated rings. The highest BCUT2D eigenvalue weighted by atomic mass is 19.4. The van der Waals surface area contributed by atoms with Crippen LogP contribution in [0.2, 0.25) is 0 Å². The van der Waals surface area contributed by atoms with Crippen molar-refractivity contribution in [3.63, 3.8) is 0 Å². The average Bonchev–Trinajstić information content (AvgIpc) is 2.92. The van der Waals surface area contributed by atoms with E-state index in [0.29, 0.717) is 25.1 Å². The van der Waals surface area contributed by atoms with Crippen molar-refractivity contribution in [1.82, 2.24) is 15.5 Å². The third kappa shape index (κ3) is 5.14. The molecule has 3 amide bonds. The third-order valence-corrected chi connectivity index (χ3v) is 5.34. The van der Waals surface area contributed by atoms with Crippen LogP contribution in [-0.2, 0) is 11.2 Å². The lowest BCUT2D eigenvalue weighted by atomic mass is 9.99. The van der Waals surface area contributed by atoms with Crippen molar-refractivity contribution >= 4 is 11.9 Å². The van der Waals surface area contributed by atoms with Gasteiger partial charge in [0.2, 0.25) is 5.91 Å². The second kappa shape index (κ2) is 8.19. The quantitative estimate of drug-likeness (QED) is 0.840. The van der Waals surface area contributed by atoms with Crippen LogP contribution >= 0.6 is 0 Å². The van der Waals surface area contributed by atoms with E-state index in [4.69, 9.17) is 0 Å². The van der Waals surface area contributed by atoms with Gasteiger partial charge < -0.3 is 15.5 Å². The van der Waals surface area contributed by atoms with Crippen LogP contribution in [-0.4, -0.2) is 48.7 Å². The lowest BCUT2D eigenvalue weighted by Gasteiger charge is -2.23. The molecule has 3 rings (SSSR count). The van der Waals surface area contributed by atoms with E-state index in [0.717, 1.165) is 12.8 Å². The number of carbonyl (C=O) groups excluding carboxylic acids is 2. The summed E-state index contributed by atoms with van der Waals surface area (Å²) in [5.74, 6) is -1.49. The van der Waals surface area contributed by atoms with Gasteiger partial charge in [0.05, 0.1) is 12.0 Å². The van der Waals surface area contributed by atoms with Gasteiger partial charge in [0.25, 0.3) is 0 Å². The fourth-order valence-corrected chi connectivity index (χ4v) is 3.82. The predicted octanol–water partition coefficient (Wildman–Crippen LogP) is 2.72. The highest BCUT2D eigenvalue weighted by Crippen LogP contribution is 2.29. The summed E-state index contributed by atoms with van der Waals surface area (Å²) < 4.78 is 40.1. The maximum absolute atomic E-state index is 13.4. The molecule has 2 heterocycles. The molecule has 148 valence electrons. The number of amides is 3. The number of carbonyl (C=O) groups is 2. The molecule has 1 aromatic rings. The Bertz CT molecular complexity index is 666. The van der Waals surface area contributed by atoms with Crippen molar-refractivity contribution in [2.45, 2.75) is 37.9 Å². The lowest BCUT2D eigenvalue weighted by Crippen LogP contribution is -2.45. The van der Waals surface area contributed by atoms with E-state index >= 15 is 0 Å². The van der Waals surface area contributed by atoms with Crippen molar-refractivity contribution in [3.8, 4) is 0 Å². The molecular weight excluding hydrogens is 359 g/mol. The summed E-state index contributed by atoms with van der Waals surface area (Å²) >= 11 is 0. The van der Waals surface area contributed by atoms with Gasteiger partial charge in [-0.05, 0) is 30.7 Å². The van der Waals surface area contributed by atoms with Crippen molar-refractivity contribution < 1.29 is 22.8 Å². The molecule has 27 heavy (non-hydrogen) atoms. The molecule has 8 heteroatoms. The number of nitrogens with zero attached hydrogens (tertiary/aromatic N) is 1. The number of halogens is 3. The Balaban J connectivity index is 1.55. The number of nitrogens with one attached hydrogen (secondary N) is 2. The average molecular weight is 383 g/mol. The van der Waals surface area contributed by atoms with Gasteiger partial charge in [0, 0.05) is 26.1 Å². The molecule has 0 aromatic heterocycles. The molecule has 1 aromatic carbocycles. The Morgan fingerprint density at radius 1 is 1.26 bits per heavy atom. The topological polar surface area (TPSA) is 61.4 Å². The van der Waals surface area contributed by atoms with Crippen molar-refractivity contribution in [3.05, 3.63) is 35.9 Å². The van der Waals surface area contributed by atoms with Crippen molar-refractivity contribution in [1.29, 1.82) is 0 Å². The minimum absolute atomic E-state index is 0.0234. The number of hydrogen-bond acceptors (Lipinski definition) is 2. The fourth-order valence-electron chi connectivity index (χ4n) is 3.82. The van der Waals surface area contributed by atoms with E-state index in [9.17, 15) is 22.8 Å². The maximum atomic E-state index is 13.4. The summed E-state index contributed by atoms with van der Waals surface area (Å²) in [6.07, 6.45) is -2.46. The Morgan fingerprint density at radius 2 is 2.00 bits per heavy atom. The highest BCUT2D eigenvalue weighted by Gasteiger charge is 2.41. The van der Waals surface area contributed by atoms with Crippen molar-refractivity contribution in [2.75, 3.05) is 19.6 Å². The first kappa shape index (κ1) is 19.5. The zero-order valence-electron chi connectivity index (χ0n) is 15.0. The van der Waals surface area contributed by atoms with Gasteiger partial charge in [-0.15, -0.1) is 0 Å². The molecule has 3 atom stereocenters. The molecule has 2 N–H and O–H groups in total. The SMILES string of the molecule is O=C1CCCC2CN(C(=O)NCC(Cc3ccccc3)C(F)(F)F)CC2N1. The summed E-state index contributed by atoms with van der Waals surface area (Å²) in [6, 6.07) is 7.85. The van der Waals surface area contributed by atoms with Crippen LogP contribution < -0.4 is 10.6 Å². The number of benzene rings is 1. The first-order valence-corrected chi connectivity index (χ1v) is 9.25. The standard InChI is InChI=1S/C19H24F3N3O2/c20-19(21,22)15(9-13-5-2-1-3-6-13)10-23-18(27)25-11-14-7-4-8-17(26)24-16(14)12-25/h1-3,5-6,14-16H,4,7-12H2,(H,23,27)(H,24,26). The van der Waals surface area contributed by atoms with Gasteiger partial charge >= 0.3 is 12.2 Å². The van der Waals surface area contributed by atoms with Gasteiger partial charge in [-0.1, -0.05) is 30.3 Å². The smallest absolute Gasteiger partial charge is 0.351 e. The van der Waals surface area contributed by atoms with Crippen LogP contribution in [0.5, 0.6) is 0 Å². The molecule has 0 spiro atoms. The summed E-state index contributed by atoms with van der Waals surface area (Å²) in [6.45, 7) is 0.346. The monoisotopic (exact) mass is 383 g/mol. The first-order chi connectivity index (χ1) is 12.8. The molecule has 3 unspecified atom stereocenters. The lowest BCUT2D eigenvalue weighted by molar-refractivity contribution is -0.172. The van der Waals surface area contributed by atoms with E-state index in [1.165, 1.54) is 4.90 Å². The summed E-state index contributed by atoms with van der Waals surface area (Å²) in [7, 11) is 0. The van der Waals surface area contributed by atoms with Crippen LogP contribution in [0.15, 0.2) is 30.3 Å². The molecule has 0 radical (unpaired) electrons. The number of hydrogen-bond donors (Lipinski definition) is 2. The molecule has 0 saturated carbocycles. The van der Waals surface area contributed by atoms with Gasteiger partial charge in [-0.3, -0.25) is 4.79 Å². The van der Waals surface area contributed by atoms with Gasteiger partial charge in [0.15, 0.2) is 0 Å². The predicted molar refractivity (Wildman–Crippen MR) is 93.9 cm³/mol. The number of likely N-dealkylation sites (tertiary alicyclic amines) is 1. The van der Waals surface area contributed by atoms with E-state index in [-0.39, 0.29) is 24.3 Å². The van der Waals surface area contributed by atoms with E-state index in [1.54, 1.807) is 30.3 Å². The van der Waals surface area contributed by atoms with Gasteiger partial charge in [-0.25, -0.2) is 4.79 Å². The number of alkyl halides is 3. The van der Waals surface area contributed by atoms with E-state index < -0.39 is 24.7 Å². The van der Waals surface area contributed by atoms with Crippen LogP contribution in [0.4, 0.5) is 18.0 Å². The summed E-state index contributed by atoms with van der Waals surface area (Å²) in [5, 5.41) is 5.35. The summed E-state index contributed by atoms with van der Waals surface area (Å²) in [5.41, 5.74) is 0.584. The Hall–Kier alpha value is -2.25. The number of fused-ring (bicyclic) bond motifs is 1. The Kier molecular flexibility index (Phi) is 5.92. The minimum atomic E-state index is -4.39. The van der Waals surface area contributed by atoms with Crippen LogP contribution in [0, 0.1) is 11.8 Å². The van der Waals surface area contributed by atoms with Crippen LogP contribution in [0.25, 0.3) is 0 Å². The Labute approximate surface area is 156 Å². The molecule has 2 aliphatic heterocycles.